The smallest absolute Gasteiger partial charge is 0.273 e. The Balaban J connectivity index is 1.25. The molecule has 6 rings (SSSR count). The number of nitrogens with zero attached hydrogens (tertiary/aromatic N) is 4. The number of methoxy groups -OCH3 is 1. The van der Waals surface area contributed by atoms with Crippen LogP contribution in [0.3, 0.4) is 0 Å². The molecule has 0 bridgehead atoms. The van der Waals surface area contributed by atoms with E-state index in [1.165, 1.54) is 6.07 Å². The van der Waals surface area contributed by atoms with Crippen LogP contribution in [-0.2, 0) is 22.9 Å². The maximum atomic E-state index is 15.7. The lowest BCUT2D eigenvalue weighted by Gasteiger charge is -2.41. The van der Waals surface area contributed by atoms with Gasteiger partial charge >= 0.3 is 0 Å². The molecule has 282 valence electrons. The maximum Gasteiger partial charge on any atom is 0.273 e. The number of pyridine rings is 1. The minimum atomic E-state index is -1.86. The lowest BCUT2D eigenvalue weighted by Crippen LogP contribution is -2.45. The molecule has 3 aromatic heterocycles. The van der Waals surface area contributed by atoms with Gasteiger partial charge in [0.2, 0.25) is 0 Å². The first-order valence-corrected chi connectivity index (χ1v) is 21.4. The second-order valence-electron chi connectivity index (χ2n) is 16.7. The second-order valence-corrected chi connectivity index (χ2v) is 21.5. The third-order valence-electron chi connectivity index (χ3n) is 10.7. The lowest BCUT2D eigenvalue weighted by atomic mass is 9.93. The molecule has 0 aliphatic heterocycles. The topological polar surface area (TPSA) is 116 Å². The Labute approximate surface area is 313 Å². The summed E-state index contributed by atoms with van der Waals surface area (Å²) in [5.41, 5.74) is 3.50. The Morgan fingerprint density at radius 1 is 1.00 bits per heavy atom. The third-order valence-corrected chi connectivity index (χ3v) is 15.2. The number of amides is 1. The summed E-state index contributed by atoms with van der Waals surface area (Å²) in [7, 11) is -0.209. The highest BCUT2D eigenvalue weighted by Gasteiger charge is 2.40. The molecule has 0 saturated heterocycles. The standard InChI is InChI=1S/C41H53FN6O4Si/c1-40(2,3)35-23-34(47-51-35)39(49)44-24-28-13-12-27(22-33(28)42)32-20-21-43-38-36(32)37(46-48(38)25-26-10-16-30(50-7)17-11-26)45-29-14-18-31(19-15-29)52-53(8,9)41(4,5)6/h10-13,16-17,20-23,29,31H,14-15,18-19,24-25H2,1-9H3,(H,44,49)(H,45,46). The molecule has 2 N–H and O–H groups in total. The van der Waals surface area contributed by atoms with Gasteiger partial charge in [-0.1, -0.05) is 71.0 Å². The van der Waals surface area contributed by atoms with Crippen molar-refractivity contribution >= 4 is 31.1 Å². The fourth-order valence-electron chi connectivity index (χ4n) is 6.43. The lowest BCUT2D eigenvalue weighted by molar-refractivity contribution is 0.0941. The van der Waals surface area contributed by atoms with Crippen LogP contribution in [0.1, 0.15) is 94.6 Å². The molecule has 0 spiro atoms. The largest absolute Gasteiger partial charge is 0.497 e. The molecule has 10 nitrogen and oxygen atoms in total. The van der Waals surface area contributed by atoms with Crippen LogP contribution in [0.2, 0.25) is 18.1 Å². The summed E-state index contributed by atoms with van der Waals surface area (Å²) in [6, 6.07) is 16.7. The average Bonchev–Trinajstić information content (AvgIpc) is 3.75. The highest BCUT2D eigenvalue weighted by Crippen LogP contribution is 2.40. The van der Waals surface area contributed by atoms with Gasteiger partial charge in [-0.05, 0) is 84.8 Å². The maximum absolute atomic E-state index is 15.7. The van der Waals surface area contributed by atoms with Crippen molar-refractivity contribution in [2.75, 3.05) is 12.4 Å². The molecule has 1 saturated carbocycles. The number of carbonyl (C=O) groups is 1. The monoisotopic (exact) mass is 740 g/mol. The molecule has 1 aliphatic rings. The molecule has 0 radical (unpaired) electrons. The van der Waals surface area contributed by atoms with Gasteiger partial charge in [0.25, 0.3) is 5.91 Å². The van der Waals surface area contributed by atoms with E-state index in [9.17, 15) is 4.79 Å². The summed E-state index contributed by atoms with van der Waals surface area (Å²) < 4.78 is 35.1. The van der Waals surface area contributed by atoms with Crippen LogP contribution < -0.4 is 15.4 Å². The van der Waals surface area contributed by atoms with Crippen molar-refractivity contribution in [2.45, 2.75) is 116 Å². The van der Waals surface area contributed by atoms with Gasteiger partial charge < -0.3 is 24.3 Å². The number of aromatic nitrogens is 4. The molecule has 0 unspecified atom stereocenters. The molecule has 1 fully saturated rings. The van der Waals surface area contributed by atoms with Gasteiger partial charge in [-0.15, -0.1) is 0 Å². The van der Waals surface area contributed by atoms with Crippen molar-refractivity contribution in [2.24, 2.45) is 0 Å². The molecule has 0 atom stereocenters. The zero-order chi connectivity index (χ0) is 38.1. The van der Waals surface area contributed by atoms with E-state index in [0.717, 1.165) is 53.8 Å². The van der Waals surface area contributed by atoms with E-state index in [1.807, 2.05) is 61.9 Å². The normalized spacial score (nSPS) is 16.9. The molecule has 1 aliphatic carbocycles. The fraction of sp³-hybridized carbons (Fsp3) is 0.463. The highest BCUT2D eigenvalue weighted by molar-refractivity contribution is 6.74. The number of fused-ring (bicyclic) bond motifs is 1. The quantitative estimate of drug-likeness (QED) is 0.129. The Morgan fingerprint density at radius 3 is 2.34 bits per heavy atom. The van der Waals surface area contributed by atoms with Gasteiger partial charge in [0, 0.05) is 41.9 Å². The Kier molecular flexibility index (Phi) is 10.8. The Hall–Kier alpha value is -4.55. The zero-order valence-corrected chi connectivity index (χ0v) is 33.5. The summed E-state index contributed by atoms with van der Waals surface area (Å²) >= 11 is 0. The molecule has 2 aromatic carbocycles. The van der Waals surface area contributed by atoms with E-state index < -0.39 is 20.0 Å². The van der Waals surface area contributed by atoms with Gasteiger partial charge in [0.1, 0.15) is 17.3 Å². The van der Waals surface area contributed by atoms with E-state index in [1.54, 1.807) is 25.4 Å². The number of nitrogens with one attached hydrogen (secondary N) is 2. The first-order valence-electron chi connectivity index (χ1n) is 18.5. The fourth-order valence-corrected chi connectivity index (χ4v) is 7.85. The first-order chi connectivity index (χ1) is 25.0. The van der Waals surface area contributed by atoms with E-state index in [4.69, 9.17) is 23.8 Å². The molecular weight excluding hydrogens is 688 g/mol. The van der Waals surface area contributed by atoms with Crippen molar-refractivity contribution in [3.05, 3.63) is 89.2 Å². The SMILES string of the molecule is COc1ccc(Cn2nc(NC3CCC(O[Si](C)(C)C(C)(C)C)CC3)c3c(-c4ccc(CNC(=O)c5cc(C(C)(C)C)on5)c(F)c4)ccnc32)cc1. The summed E-state index contributed by atoms with van der Waals surface area (Å²) in [5, 5.41) is 16.5. The minimum absolute atomic E-state index is 0.00280. The zero-order valence-electron chi connectivity index (χ0n) is 32.5. The van der Waals surface area contributed by atoms with E-state index in [0.29, 0.717) is 29.1 Å². The van der Waals surface area contributed by atoms with Crippen LogP contribution in [0.4, 0.5) is 10.2 Å². The van der Waals surface area contributed by atoms with Crippen LogP contribution in [0.5, 0.6) is 5.75 Å². The van der Waals surface area contributed by atoms with Crippen LogP contribution in [0.25, 0.3) is 22.2 Å². The van der Waals surface area contributed by atoms with Crippen LogP contribution in [-0.4, -0.2) is 53.4 Å². The summed E-state index contributed by atoms with van der Waals surface area (Å²) in [6.07, 6.45) is 5.89. The van der Waals surface area contributed by atoms with E-state index in [-0.39, 0.29) is 34.8 Å². The minimum Gasteiger partial charge on any atom is -0.497 e. The molecule has 12 heteroatoms. The van der Waals surface area contributed by atoms with Crippen molar-refractivity contribution < 1.29 is 22.9 Å². The number of halogens is 1. The number of benzene rings is 2. The Bertz CT molecular complexity index is 2050. The molecule has 5 aromatic rings. The number of ether oxygens (including phenoxy) is 1. The van der Waals surface area contributed by atoms with Crippen molar-refractivity contribution in [3.63, 3.8) is 0 Å². The molecule has 53 heavy (non-hydrogen) atoms. The molecular formula is C41H53FN6O4Si. The summed E-state index contributed by atoms with van der Waals surface area (Å²) in [4.78, 5) is 17.6. The predicted molar refractivity (Wildman–Crippen MR) is 209 cm³/mol. The number of hydrogen-bond donors (Lipinski definition) is 2. The first kappa shape index (κ1) is 38.2. The number of rotatable bonds is 11. The van der Waals surface area contributed by atoms with Crippen LogP contribution in [0, 0.1) is 5.82 Å². The number of anilines is 1. The van der Waals surface area contributed by atoms with Crippen LogP contribution >= 0.6 is 0 Å². The third kappa shape index (κ3) is 8.65. The number of hydrogen-bond acceptors (Lipinski definition) is 8. The van der Waals surface area contributed by atoms with Crippen molar-refractivity contribution in [1.82, 2.24) is 25.2 Å². The van der Waals surface area contributed by atoms with Gasteiger partial charge in [-0.2, -0.15) is 5.10 Å². The van der Waals surface area contributed by atoms with Crippen LogP contribution in [0.15, 0.2) is 65.3 Å². The highest BCUT2D eigenvalue weighted by atomic mass is 28.4. The molecule has 1 amide bonds. The Morgan fingerprint density at radius 2 is 1.72 bits per heavy atom. The van der Waals surface area contributed by atoms with Crippen molar-refractivity contribution in [3.8, 4) is 16.9 Å². The number of carbonyl (C=O) groups excluding carboxylic acids is 1. The van der Waals surface area contributed by atoms with Gasteiger partial charge in [0.15, 0.2) is 25.5 Å². The average molecular weight is 741 g/mol. The summed E-state index contributed by atoms with van der Waals surface area (Å²) in [6.45, 7) is 17.9. The van der Waals surface area contributed by atoms with Gasteiger partial charge in [-0.25, -0.2) is 14.1 Å². The van der Waals surface area contributed by atoms with E-state index in [2.05, 4.69) is 49.7 Å². The summed E-state index contributed by atoms with van der Waals surface area (Å²) in [5.74, 6) is 1.26. The molecule has 3 heterocycles. The predicted octanol–water partition coefficient (Wildman–Crippen LogP) is 9.25. The van der Waals surface area contributed by atoms with Crippen molar-refractivity contribution in [1.29, 1.82) is 0 Å². The van der Waals surface area contributed by atoms with Gasteiger partial charge in [-0.3, -0.25) is 4.79 Å². The second kappa shape index (κ2) is 15.1. The van der Waals surface area contributed by atoms with Gasteiger partial charge in [0.05, 0.1) is 19.0 Å². The van der Waals surface area contributed by atoms with E-state index >= 15 is 4.39 Å².